The lowest BCUT2D eigenvalue weighted by atomic mass is 9.89. The molecule has 42 heavy (non-hydrogen) atoms. The molecule has 1 saturated heterocycles. The van der Waals surface area contributed by atoms with E-state index in [0.29, 0.717) is 23.4 Å². The molecule has 0 spiro atoms. The second-order valence-electron chi connectivity index (χ2n) is 11.2. The van der Waals surface area contributed by atoms with E-state index < -0.39 is 53.8 Å². The fourth-order valence-electron chi connectivity index (χ4n) is 4.93. The summed E-state index contributed by atoms with van der Waals surface area (Å²) in [5.74, 6) is -1.31. The molecule has 2 heterocycles. The van der Waals surface area contributed by atoms with E-state index in [-0.39, 0.29) is 17.9 Å². The summed E-state index contributed by atoms with van der Waals surface area (Å²) in [5.41, 5.74) is 1.00. The van der Waals surface area contributed by atoms with Crippen LogP contribution < -0.4 is 15.4 Å². The predicted octanol–water partition coefficient (Wildman–Crippen LogP) is 5.09. The quantitative estimate of drug-likeness (QED) is 0.320. The number of aliphatic hydroxyl groups is 1. The van der Waals surface area contributed by atoms with Crippen molar-refractivity contribution >= 4 is 35.3 Å². The molecule has 0 aromatic heterocycles. The third-order valence-electron chi connectivity index (χ3n) is 7.28. The normalized spacial score (nSPS) is 27.3. The van der Waals surface area contributed by atoms with Gasteiger partial charge in [0.15, 0.2) is 5.72 Å². The lowest BCUT2D eigenvalue weighted by Crippen LogP contribution is -2.63. The Bertz CT molecular complexity index is 1270. The van der Waals surface area contributed by atoms with Crippen LogP contribution in [0.25, 0.3) is 0 Å². The van der Waals surface area contributed by atoms with Crippen molar-refractivity contribution in [2.24, 2.45) is 11.8 Å². The molecule has 3 N–H and O–H groups in total. The fourth-order valence-corrected chi connectivity index (χ4v) is 5.16. The van der Waals surface area contributed by atoms with Crippen LogP contribution in [0, 0.1) is 11.8 Å². The summed E-state index contributed by atoms with van der Waals surface area (Å²) in [4.78, 5) is 38.4. The smallest absolute Gasteiger partial charge is 0.409 e. The van der Waals surface area contributed by atoms with Crippen LogP contribution in [0.4, 0.5) is 10.5 Å². The van der Waals surface area contributed by atoms with Crippen LogP contribution in [-0.2, 0) is 30.2 Å². The zero-order valence-corrected chi connectivity index (χ0v) is 25.9. The maximum atomic E-state index is 13.3. The number of allylic oxidation sites excluding steroid dienone is 3. The number of anilines is 1. The monoisotopic (exact) mass is 604 g/mol. The molecule has 1 aromatic carbocycles. The number of alkyl carbamates (subject to hydrolysis) is 1. The van der Waals surface area contributed by atoms with Gasteiger partial charge in [-0.15, -0.1) is 0 Å². The van der Waals surface area contributed by atoms with E-state index >= 15 is 0 Å². The van der Waals surface area contributed by atoms with Crippen molar-refractivity contribution in [1.82, 2.24) is 5.32 Å². The molecular formula is C31H41ClN2O8. The van der Waals surface area contributed by atoms with Crippen molar-refractivity contribution in [2.75, 3.05) is 19.5 Å². The summed E-state index contributed by atoms with van der Waals surface area (Å²) in [5, 5.41) is 17.1. The number of rotatable bonds is 4. The van der Waals surface area contributed by atoms with Gasteiger partial charge in [-0.05, 0) is 43.5 Å². The molecule has 1 aromatic rings. The Kier molecular flexibility index (Phi) is 11.2. The molecule has 0 radical (unpaired) electrons. The van der Waals surface area contributed by atoms with E-state index in [0.717, 1.165) is 11.1 Å². The Labute approximate surface area is 252 Å². The molecule has 10 nitrogen and oxygen atoms in total. The number of nitrogens with one attached hydrogen (secondary N) is 2. The van der Waals surface area contributed by atoms with Gasteiger partial charge in [-0.2, -0.15) is 0 Å². The van der Waals surface area contributed by atoms with Crippen LogP contribution in [-0.4, -0.2) is 61.3 Å². The lowest BCUT2D eigenvalue weighted by Gasteiger charge is -2.41. The molecule has 230 valence electrons. The van der Waals surface area contributed by atoms with E-state index in [2.05, 4.69) is 10.6 Å². The number of esters is 1. The Balaban J connectivity index is 2.10. The van der Waals surface area contributed by atoms with E-state index in [1.54, 1.807) is 51.1 Å². The second kappa shape index (κ2) is 14.2. The number of carbonyl (C=O) groups is 3. The zero-order valence-electron chi connectivity index (χ0n) is 25.2. The molecule has 0 unspecified atom stereocenters. The summed E-state index contributed by atoms with van der Waals surface area (Å²) < 4.78 is 22.3. The van der Waals surface area contributed by atoms with Gasteiger partial charge in [0.05, 0.1) is 25.1 Å². The summed E-state index contributed by atoms with van der Waals surface area (Å²) in [6, 6.07) is 3.57. The van der Waals surface area contributed by atoms with Gasteiger partial charge < -0.3 is 29.4 Å². The van der Waals surface area contributed by atoms with E-state index in [1.165, 1.54) is 14.2 Å². The maximum absolute atomic E-state index is 13.3. The van der Waals surface area contributed by atoms with Crippen LogP contribution in [0.1, 0.15) is 53.0 Å². The number of hydrogen-bond acceptors (Lipinski definition) is 8. The van der Waals surface area contributed by atoms with Gasteiger partial charge in [0, 0.05) is 19.4 Å². The molecular weight excluding hydrogens is 564 g/mol. The van der Waals surface area contributed by atoms with Gasteiger partial charge in [0.1, 0.15) is 29.1 Å². The lowest BCUT2D eigenvalue weighted by molar-refractivity contribution is -0.151. The Morgan fingerprint density at radius 2 is 1.93 bits per heavy atom. The highest BCUT2D eigenvalue weighted by Gasteiger charge is 2.46. The number of hydrogen-bond donors (Lipinski definition) is 3. The van der Waals surface area contributed by atoms with Crippen LogP contribution in [0.2, 0.25) is 5.02 Å². The molecule has 4 bridgehead atoms. The van der Waals surface area contributed by atoms with Gasteiger partial charge in [-0.1, -0.05) is 62.2 Å². The van der Waals surface area contributed by atoms with E-state index in [1.807, 2.05) is 19.9 Å². The number of benzene rings is 1. The molecule has 0 saturated carbocycles. The second-order valence-corrected chi connectivity index (χ2v) is 11.6. The highest BCUT2D eigenvalue weighted by Crippen LogP contribution is 2.35. The fraction of sp³-hybridized carbons (Fsp3) is 0.516. The highest BCUT2D eigenvalue weighted by molar-refractivity contribution is 6.35. The topological polar surface area (TPSA) is 132 Å². The van der Waals surface area contributed by atoms with Gasteiger partial charge >= 0.3 is 12.1 Å². The Morgan fingerprint density at radius 1 is 1.21 bits per heavy atom. The zero-order chi connectivity index (χ0) is 31.2. The minimum atomic E-state index is -1.74. The van der Waals surface area contributed by atoms with Gasteiger partial charge in [-0.3, -0.25) is 14.9 Å². The predicted molar refractivity (Wildman–Crippen MR) is 159 cm³/mol. The van der Waals surface area contributed by atoms with Crippen molar-refractivity contribution in [3.63, 3.8) is 0 Å². The molecule has 5 atom stereocenters. The van der Waals surface area contributed by atoms with Crippen molar-refractivity contribution < 1.29 is 38.4 Å². The molecule has 0 aliphatic carbocycles. The Morgan fingerprint density at radius 3 is 2.57 bits per heavy atom. The standard InChI is InChI=1S/C31H41ClN2O8/c1-17(2)29(36)41-23-15-27(35)33-22-13-21(14-24(39-6)28(22)32)11-18(3)9-8-10-26(40-7)31(38)16-25(42-30(37)34-31)20(5)12-19(23)4/h8-10,12-14,17,20,23,25-26,38H,11,15-16H2,1-7H3,(H,33,35)(H,34,37)/t20-,23-,25-,26+,31-/m0/s1. The molecule has 11 heteroatoms. The number of ether oxygens (including phenoxy) is 4. The van der Waals surface area contributed by atoms with Crippen LogP contribution in [0.3, 0.4) is 0 Å². The maximum Gasteiger partial charge on any atom is 0.409 e. The first-order chi connectivity index (χ1) is 19.8. The number of amides is 2. The average Bonchev–Trinajstić information content (AvgIpc) is 2.91. The number of carbonyl (C=O) groups excluding carboxylic acids is 3. The number of halogens is 1. The first kappa shape index (κ1) is 33.2. The van der Waals surface area contributed by atoms with E-state index in [4.69, 9.17) is 30.5 Å². The summed E-state index contributed by atoms with van der Waals surface area (Å²) in [7, 11) is 2.94. The first-order valence-electron chi connectivity index (χ1n) is 13.9. The summed E-state index contributed by atoms with van der Waals surface area (Å²) in [6.45, 7) is 8.90. The molecule has 3 rings (SSSR count). The van der Waals surface area contributed by atoms with Crippen molar-refractivity contribution in [2.45, 2.75) is 77.9 Å². The molecule has 2 aliphatic heterocycles. The molecule has 1 fully saturated rings. The van der Waals surface area contributed by atoms with Crippen LogP contribution in [0.5, 0.6) is 5.75 Å². The number of methoxy groups -OCH3 is 2. The van der Waals surface area contributed by atoms with E-state index in [9.17, 15) is 19.5 Å². The third-order valence-corrected chi connectivity index (χ3v) is 7.67. The minimum absolute atomic E-state index is 0.0241. The largest absolute Gasteiger partial charge is 0.495 e. The summed E-state index contributed by atoms with van der Waals surface area (Å²) in [6.07, 6.45) is 4.13. The third kappa shape index (κ3) is 8.36. The van der Waals surface area contributed by atoms with Crippen molar-refractivity contribution in [3.05, 3.63) is 58.2 Å². The van der Waals surface area contributed by atoms with Crippen LogP contribution >= 0.6 is 11.6 Å². The first-order valence-corrected chi connectivity index (χ1v) is 14.3. The van der Waals surface area contributed by atoms with Gasteiger partial charge in [0.25, 0.3) is 0 Å². The highest BCUT2D eigenvalue weighted by atomic mass is 35.5. The van der Waals surface area contributed by atoms with Crippen molar-refractivity contribution in [3.8, 4) is 5.75 Å². The minimum Gasteiger partial charge on any atom is -0.495 e. The van der Waals surface area contributed by atoms with Crippen molar-refractivity contribution in [1.29, 1.82) is 0 Å². The average molecular weight is 605 g/mol. The van der Waals surface area contributed by atoms with Crippen LogP contribution in [0.15, 0.2) is 47.6 Å². The SMILES string of the molecule is COc1cc2cc(c1Cl)NC(=O)C[C@H](OC(=O)C(C)C)C(C)=C[C@H](C)[C@@H]1C[C@@](O)(NC(=O)O1)[C@H](OC)C=CC=C(C)C2. The Hall–Kier alpha value is -3.34. The summed E-state index contributed by atoms with van der Waals surface area (Å²) >= 11 is 6.54. The van der Waals surface area contributed by atoms with Gasteiger partial charge in [-0.25, -0.2) is 4.79 Å². The number of fused-ring (bicyclic) bond motifs is 4. The van der Waals surface area contributed by atoms with Gasteiger partial charge in [0.2, 0.25) is 5.91 Å². The molecule has 2 amide bonds. The molecule has 2 aliphatic rings.